The van der Waals surface area contributed by atoms with E-state index in [4.69, 9.17) is 9.84 Å². The molecule has 138 valence electrons. The Hall–Kier alpha value is -3.06. The summed E-state index contributed by atoms with van der Waals surface area (Å²) < 4.78 is 5.72. The van der Waals surface area contributed by atoms with Crippen LogP contribution in [-0.2, 0) is 4.79 Å². The van der Waals surface area contributed by atoms with Gasteiger partial charge in [0.2, 0.25) is 0 Å². The zero-order valence-electron chi connectivity index (χ0n) is 14.6. The van der Waals surface area contributed by atoms with E-state index in [0.29, 0.717) is 22.4 Å². The fourth-order valence-electron chi connectivity index (χ4n) is 2.39. The highest BCUT2D eigenvalue weighted by molar-refractivity contribution is 8.18. The second kappa shape index (κ2) is 8.55. The number of rotatable bonds is 6. The number of carboxylic acids is 1. The lowest BCUT2D eigenvalue weighted by Gasteiger charge is -2.07. The molecule has 0 bridgehead atoms. The fraction of sp³-hybridized carbons (Fsp3) is 0.150. The van der Waals surface area contributed by atoms with Gasteiger partial charge in [-0.05, 0) is 48.5 Å². The first-order valence-corrected chi connectivity index (χ1v) is 9.23. The number of aromatic carboxylic acids is 1. The summed E-state index contributed by atoms with van der Waals surface area (Å²) in [6, 6.07) is 13.8. The monoisotopic (exact) mass is 382 g/mol. The predicted molar refractivity (Wildman–Crippen MR) is 106 cm³/mol. The minimum Gasteiger partial charge on any atom is -0.493 e. The number of hydrogen-bond donors (Lipinski definition) is 2. The van der Waals surface area contributed by atoms with Crippen LogP contribution in [-0.4, -0.2) is 28.8 Å². The number of carboxylic acid groups (broad SMARTS) is 1. The third kappa shape index (κ3) is 4.77. The summed E-state index contributed by atoms with van der Waals surface area (Å²) in [7, 11) is 0. The second-order valence-electron chi connectivity index (χ2n) is 5.72. The zero-order valence-corrected chi connectivity index (χ0v) is 15.5. The Morgan fingerprint density at radius 1 is 1.26 bits per heavy atom. The van der Waals surface area contributed by atoms with Crippen LogP contribution in [0.4, 0.5) is 5.69 Å². The molecule has 0 unspecified atom stereocenters. The minimum atomic E-state index is -1.02. The van der Waals surface area contributed by atoms with Crippen LogP contribution in [0.15, 0.2) is 58.4 Å². The molecule has 1 saturated heterocycles. The van der Waals surface area contributed by atoms with Crippen molar-refractivity contribution < 1.29 is 19.4 Å². The molecule has 1 fully saturated rings. The molecular formula is C20H18N2O4S. The molecule has 1 aliphatic rings. The van der Waals surface area contributed by atoms with E-state index in [0.717, 1.165) is 17.7 Å². The van der Waals surface area contributed by atoms with Gasteiger partial charge in [-0.15, -0.1) is 0 Å². The molecule has 2 N–H and O–H groups in total. The number of ether oxygens (including phenoxy) is 1. The fourth-order valence-corrected chi connectivity index (χ4v) is 3.22. The molecule has 1 amide bonds. The van der Waals surface area contributed by atoms with Crippen molar-refractivity contribution in [2.45, 2.75) is 13.3 Å². The van der Waals surface area contributed by atoms with Crippen LogP contribution in [0.2, 0.25) is 0 Å². The van der Waals surface area contributed by atoms with E-state index < -0.39 is 5.97 Å². The summed E-state index contributed by atoms with van der Waals surface area (Å²) in [5, 5.41) is 12.2. The van der Waals surface area contributed by atoms with Gasteiger partial charge in [0, 0.05) is 5.56 Å². The van der Waals surface area contributed by atoms with Crippen molar-refractivity contribution in [1.29, 1.82) is 0 Å². The molecule has 2 aromatic carbocycles. The molecule has 0 atom stereocenters. The lowest BCUT2D eigenvalue weighted by atomic mass is 10.2. The molecule has 1 aliphatic heterocycles. The van der Waals surface area contributed by atoms with Crippen LogP contribution >= 0.6 is 11.8 Å². The third-order valence-electron chi connectivity index (χ3n) is 3.64. The van der Waals surface area contributed by atoms with Gasteiger partial charge < -0.3 is 15.2 Å². The highest BCUT2D eigenvalue weighted by atomic mass is 32.2. The Bertz CT molecular complexity index is 937. The maximum Gasteiger partial charge on any atom is 0.335 e. The topological polar surface area (TPSA) is 88.0 Å². The molecular weight excluding hydrogens is 364 g/mol. The van der Waals surface area contributed by atoms with Gasteiger partial charge in [0.15, 0.2) is 5.17 Å². The van der Waals surface area contributed by atoms with Crippen LogP contribution < -0.4 is 10.1 Å². The number of thioether (sulfide) groups is 1. The van der Waals surface area contributed by atoms with Crippen molar-refractivity contribution in [2.24, 2.45) is 4.99 Å². The second-order valence-corrected chi connectivity index (χ2v) is 6.75. The number of benzene rings is 2. The Kier molecular flexibility index (Phi) is 5.93. The number of nitrogens with one attached hydrogen (secondary N) is 1. The Labute approximate surface area is 161 Å². The largest absolute Gasteiger partial charge is 0.493 e. The first-order chi connectivity index (χ1) is 13.1. The summed E-state index contributed by atoms with van der Waals surface area (Å²) in [5.41, 5.74) is 1.42. The van der Waals surface area contributed by atoms with Gasteiger partial charge in [-0.2, -0.15) is 0 Å². The van der Waals surface area contributed by atoms with E-state index >= 15 is 0 Å². The summed E-state index contributed by atoms with van der Waals surface area (Å²) in [6.45, 7) is 2.63. The van der Waals surface area contributed by atoms with Gasteiger partial charge >= 0.3 is 5.97 Å². The molecule has 3 rings (SSSR count). The number of carbonyl (C=O) groups excluding carboxylic acids is 1. The van der Waals surface area contributed by atoms with Gasteiger partial charge in [0.25, 0.3) is 5.91 Å². The number of hydrogen-bond acceptors (Lipinski definition) is 5. The first kappa shape index (κ1) is 18.7. The van der Waals surface area contributed by atoms with Crippen molar-refractivity contribution in [2.75, 3.05) is 6.61 Å². The number of carbonyl (C=O) groups is 2. The quantitative estimate of drug-likeness (QED) is 0.736. The molecule has 6 nitrogen and oxygen atoms in total. The van der Waals surface area contributed by atoms with Crippen LogP contribution in [0, 0.1) is 0 Å². The van der Waals surface area contributed by atoms with Gasteiger partial charge in [-0.25, -0.2) is 9.79 Å². The van der Waals surface area contributed by atoms with E-state index in [1.54, 1.807) is 18.2 Å². The molecule has 27 heavy (non-hydrogen) atoms. The molecule has 2 aromatic rings. The molecule has 0 spiro atoms. The Balaban J connectivity index is 1.83. The lowest BCUT2D eigenvalue weighted by molar-refractivity contribution is -0.115. The van der Waals surface area contributed by atoms with Crippen LogP contribution in [0.1, 0.15) is 29.3 Å². The predicted octanol–water partition coefficient (Wildman–Crippen LogP) is 4.07. The number of amidine groups is 1. The van der Waals surface area contributed by atoms with E-state index in [9.17, 15) is 9.59 Å². The van der Waals surface area contributed by atoms with Crippen LogP contribution in [0.3, 0.4) is 0 Å². The third-order valence-corrected chi connectivity index (χ3v) is 4.55. The SMILES string of the molecule is CCCOc1ccccc1/C=C1\SC(=Nc2cccc(C(=O)O)c2)NC1=O. The average Bonchev–Trinajstić information content (AvgIpc) is 3.00. The Morgan fingerprint density at radius 2 is 2.07 bits per heavy atom. The van der Waals surface area contributed by atoms with E-state index in [1.807, 2.05) is 31.2 Å². The first-order valence-electron chi connectivity index (χ1n) is 8.41. The summed E-state index contributed by atoms with van der Waals surface area (Å²) in [6.07, 6.45) is 2.66. The summed E-state index contributed by atoms with van der Waals surface area (Å²) >= 11 is 1.20. The Morgan fingerprint density at radius 3 is 2.85 bits per heavy atom. The molecule has 0 aromatic heterocycles. The van der Waals surface area contributed by atoms with Crippen molar-refractivity contribution in [3.05, 3.63) is 64.6 Å². The number of amides is 1. The molecule has 7 heteroatoms. The standard InChI is InChI=1S/C20H18N2O4S/c1-2-10-26-16-9-4-3-6-13(16)12-17-18(23)22-20(27-17)21-15-8-5-7-14(11-15)19(24)25/h3-9,11-12H,2,10H2,1H3,(H,24,25)(H,21,22,23)/b17-12-. The van der Waals surface area contributed by atoms with Gasteiger partial charge in [0.05, 0.1) is 22.8 Å². The highest BCUT2D eigenvalue weighted by Gasteiger charge is 2.24. The summed E-state index contributed by atoms with van der Waals surface area (Å²) in [4.78, 5) is 28.1. The van der Waals surface area contributed by atoms with Crippen molar-refractivity contribution in [1.82, 2.24) is 5.32 Å². The maximum absolute atomic E-state index is 12.3. The lowest BCUT2D eigenvalue weighted by Crippen LogP contribution is -2.19. The van der Waals surface area contributed by atoms with Crippen molar-refractivity contribution in [3.63, 3.8) is 0 Å². The average molecular weight is 382 g/mol. The number of nitrogens with zero attached hydrogens (tertiary/aromatic N) is 1. The van der Waals surface area contributed by atoms with Crippen molar-refractivity contribution >= 4 is 40.6 Å². The minimum absolute atomic E-state index is 0.143. The van der Waals surface area contributed by atoms with E-state index in [1.165, 1.54) is 23.9 Å². The van der Waals surface area contributed by atoms with Crippen LogP contribution in [0.5, 0.6) is 5.75 Å². The zero-order chi connectivity index (χ0) is 19.2. The molecule has 1 heterocycles. The van der Waals surface area contributed by atoms with E-state index in [-0.39, 0.29) is 11.5 Å². The van der Waals surface area contributed by atoms with E-state index in [2.05, 4.69) is 10.3 Å². The molecule has 0 radical (unpaired) electrons. The maximum atomic E-state index is 12.3. The number of para-hydroxylation sites is 1. The smallest absolute Gasteiger partial charge is 0.335 e. The molecule has 0 saturated carbocycles. The molecule has 0 aliphatic carbocycles. The van der Waals surface area contributed by atoms with Crippen molar-refractivity contribution in [3.8, 4) is 5.75 Å². The van der Waals surface area contributed by atoms with Crippen LogP contribution in [0.25, 0.3) is 6.08 Å². The van der Waals surface area contributed by atoms with Gasteiger partial charge in [-0.3, -0.25) is 4.79 Å². The summed E-state index contributed by atoms with van der Waals surface area (Å²) in [5.74, 6) is -0.553. The van der Waals surface area contributed by atoms with Gasteiger partial charge in [0.1, 0.15) is 5.75 Å². The number of aliphatic imine (C=N–C) groups is 1. The normalized spacial score (nSPS) is 16.6. The van der Waals surface area contributed by atoms with Gasteiger partial charge in [-0.1, -0.05) is 31.2 Å². The highest BCUT2D eigenvalue weighted by Crippen LogP contribution is 2.30.